The molecule has 0 saturated heterocycles. The Bertz CT molecular complexity index is 982. The van der Waals surface area contributed by atoms with Gasteiger partial charge in [-0.05, 0) is 55.3 Å². The van der Waals surface area contributed by atoms with Crippen molar-refractivity contribution in [3.63, 3.8) is 0 Å². The van der Waals surface area contributed by atoms with Gasteiger partial charge in [-0.3, -0.25) is 0 Å². The second-order valence-electron chi connectivity index (χ2n) is 5.54. The molecule has 1 aromatic heterocycles. The summed E-state index contributed by atoms with van der Waals surface area (Å²) in [6.45, 7) is 3.91. The molecule has 0 aliphatic heterocycles. The maximum Gasteiger partial charge on any atom is 0.338 e. The molecule has 0 aliphatic rings. The largest absolute Gasteiger partial charge is 0.457 e. The first-order valence-corrected chi connectivity index (χ1v) is 8.14. The number of carbonyl (C=O) groups is 1. The number of esters is 1. The van der Waals surface area contributed by atoms with Crippen LogP contribution >= 0.6 is 15.9 Å². The number of ether oxygens (including phenoxy) is 1. The van der Waals surface area contributed by atoms with E-state index in [4.69, 9.17) is 9.15 Å². The number of aryl methyl sites for hydroxylation is 2. The Hall–Kier alpha value is -2.58. The summed E-state index contributed by atoms with van der Waals surface area (Å²) < 4.78 is 11.8. The summed E-state index contributed by atoms with van der Waals surface area (Å²) in [6.07, 6.45) is 0. The van der Waals surface area contributed by atoms with Gasteiger partial charge >= 0.3 is 5.97 Å². The van der Waals surface area contributed by atoms with Crippen LogP contribution in [-0.4, -0.2) is 5.97 Å². The third-order valence-electron chi connectivity index (χ3n) is 3.94. The number of halogens is 1. The third-order valence-corrected chi connectivity index (χ3v) is 4.44. The van der Waals surface area contributed by atoms with E-state index in [0.29, 0.717) is 16.7 Å². The van der Waals surface area contributed by atoms with Crippen molar-refractivity contribution < 1.29 is 13.9 Å². The number of rotatable bonds is 3. The van der Waals surface area contributed by atoms with Crippen molar-refractivity contribution in [1.29, 1.82) is 5.26 Å². The highest BCUT2D eigenvalue weighted by Gasteiger charge is 2.17. The van der Waals surface area contributed by atoms with Gasteiger partial charge in [-0.1, -0.05) is 22.0 Å². The maximum absolute atomic E-state index is 12.3. The topological polar surface area (TPSA) is 63.2 Å². The number of hydrogen-bond acceptors (Lipinski definition) is 4. The molecule has 3 aromatic rings. The molecule has 0 aliphatic carbocycles. The number of nitrogens with zero attached hydrogens (tertiary/aromatic N) is 1. The van der Waals surface area contributed by atoms with E-state index in [1.54, 1.807) is 18.2 Å². The zero-order valence-electron chi connectivity index (χ0n) is 13.2. The highest BCUT2D eigenvalue weighted by molar-refractivity contribution is 9.10. The molecule has 0 N–H and O–H groups in total. The minimum atomic E-state index is -0.425. The Morgan fingerprint density at radius 3 is 2.71 bits per heavy atom. The second-order valence-corrected chi connectivity index (χ2v) is 6.45. The summed E-state index contributed by atoms with van der Waals surface area (Å²) in [5, 5.41) is 10.0. The van der Waals surface area contributed by atoms with E-state index in [2.05, 4.69) is 15.9 Å². The lowest BCUT2D eigenvalue weighted by atomic mass is 10.1. The molecular weight excluding hydrogens is 370 g/mol. The Morgan fingerprint density at radius 1 is 1.21 bits per heavy atom. The van der Waals surface area contributed by atoms with Gasteiger partial charge in [0.25, 0.3) is 0 Å². The molecule has 0 fully saturated rings. The van der Waals surface area contributed by atoms with Crippen molar-refractivity contribution in [2.75, 3.05) is 0 Å². The molecule has 0 spiro atoms. The molecule has 5 heteroatoms. The number of fused-ring (bicyclic) bond motifs is 1. The molecule has 0 saturated carbocycles. The highest BCUT2D eigenvalue weighted by atomic mass is 79.9. The maximum atomic E-state index is 12.3. The quantitative estimate of drug-likeness (QED) is 0.594. The van der Waals surface area contributed by atoms with E-state index in [1.165, 1.54) is 0 Å². The van der Waals surface area contributed by atoms with Crippen LogP contribution in [0.15, 0.2) is 45.3 Å². The Balaban J connectivity index is 1.87. The number of hydrogen-bond donors (Lipinski definition) is 0. The van der Waals surface area contributed by atoms with E-state index in [-0.39, 0.29) is 12.4 Å². The van der Waals surface area contributed by atoms with Crippen molar-refractivity contribution in [2.24, 2.45) is 0 Å². The van der Waals surface area contributed by atoms with Gasteiger partial charge in [0.2, 0.25) is 5.76 Å². The summed E-state index contributed by atoms with van der Waals surface area (Å²) in [5.41, 5.74) is 3.80. The predicted octanol–water partition coefficient (Wildman–Crippen LogP) is 5.04. The number of benzene rings is 2. The SMILES string of the molecule is Cc1ccc(C(=O)OCc2c(C#N)oc3ccc(Br)cc23)cc1C. The Morgan fingerprint density at radius 2 is 2.00 bits per heavy atom. The van der Waals surface area contributed by atoms with Gasteiger partial charge in [-0.15, -0.1) is 0 Å². The molecule has 24 heavy (non-hydrogen) atoms. The van der Waals surface area contributed by atoms with E-state index in [0.717, 1.165) is 21.0 Å². The Labute approximate surface area is 147 Å². The zero-order chi connectivity index (χ0) is 17.3. The first-order chi connectivity index (χ1) is 11.5. The molecule has 2 aromatic carbocycles. The highest BCUT2D eigenvalue weighted by Crippen LogP contribution is 2.29. The zero-order valence-corrected chi connectivity index (χ0v) is 14.8. The van der Waals surface area contributed by atoms with Crippen LogP contribution in [0.4, 0.5) is 0 Å². The minimum Gasteiger partial charge on any atom is -0.457 e. The lowest BCUT2D eigenvalue weighted by Crippen LogP contribution is -2.06. The molecule has 0 atom stereocenters. The number of carbonyl (C=O) groups excluding carboxylic acids is 1. The van der Waals surface area contributed by atoms with Crippen LogP contribution in [-0.2, 0) is 11.3 Å². The van der Waals surface area contributed by atoms with Gasteiger partial charge in [0, 0.05) is 9.86 Å². The lowest BCUT2D eigenvalue weighted by Gasteiger charge is -2.06. The first kappa shape index (κ1) is 16.3. The van der Waals surface area contributed by atoms with Crippen LogP contribution in [0.1, 0.15) is 32.8 Å². The van der Waals surface area contributed by atoms with Gasteiger partial charge in [-0.2, -0.15) is 5.26 Å². The summed E-state index contributed by atoms with van der Waals surface area (Å²) in [5.74, 6) is -0.262. The summed E-state index contributed by atoms with van der Waals surface area (Å²) in [4.78, 5) is 12.3. The molecule has 1 heterocycles. The number of nitriles is 1. The van der Waals surface area contributed by atoms with E-state index < -0.39 is 5.97 Å². The van der Waals surface area contributed by atoms with Crippen molar-refractivity contribution in [3.8, 4) is 6.07 Å². The van der Waals surface area contributed by atoms with Gasteiger partial charge in [0.1, 0.15) is 18.3 Å². The molecule has 0 unspecified atom stereocenters. The molecular formula is C19H14BrNO3. The normalized spacial score (nSPS) is 10.6. The van der Waals surface area contributed by atoms with Crippen molar-refractivity contribution in [3.05, 3.63) is 68.9 Å². The second kappa shape index (κ2) is 6.50. The summed E-state index contributed by atoms with van der Waals surface area (Å²) >= 11 is 3.40. The van der Waals surface area contributed by atoms with Crippen LogP contribution in [0.2, 0.25) is 0 Å². The van der Waals surface area contributed by atoms with E-state index >= 15 is 0 Å². The van der Waals surface area contributed by atoms with Crippen LogP contribution in [0.3, 0.4) is 0 Å². The minimum absolute atomic E-state index is 0.0158. The average Bonchev–Trinajstić information content (AvgIpc) is 2.92. The molecule has 0 amide bonds. The van der Waals surface area contributed by atoms with Crippen LogP contribution < -0.4 is 0 Å². The molecule has 120 valence electrons. The average molecular weight is 384 g/mol. The first-order valence-electron chi connectivity index (χ1n) is 7.35. The fraction of sp³-hybridized carbons (Fsp3) is 0.158. The molecule has 3 rings (SSSR count). The van der Waals surface area contributed by atoms with Crippen LogP contribution in [0, 0.1) is 25.2 Å². The molecule has 4 nitrogen and oxygen atoms in total. The van der Waals surface area contributed by atoms with Crippen molar-refractivity contribution in [2.45, 2.75) is 20.5 Å². The van der Waals surface area contributed by atoms with Gasteiger partial charge in [-0.25, -0.2) is 4.79 Å². The van der Waals surface area contributed by atoms with Gasteiger partial charge in [0.15, 0.2) is 0 Å². The predicted molar refractivity (Wildman–Crippen MR) is 93.7 cm³/mol. The van der Waals surface area contributed by atoms with Gasteiger partial charge < -0.3 is 9.15 Å². The molecule has 0 bridgehead atoms. The van der Waals surface area contributed by atoms with E-state index in [1.807, 2.05) is 38.1 Å². The lowest BCUT2D eigenvalue weighted by molar-refractivity contribution is 0.0473. The standard InChI is InChI=1S/C19H14BrNO3/c1-11-3-4-13(7-12(11)2)19(22)23-10-16-15-8-14(20)5-6-17(15)24-18(16)9-21/h3-8H,10H2,1-2H3. The van der Waals surface area contributed by atoms with Gasteiger partial charge in [0.05, 0.1) is 11.1 Å². The smallest absolute Gasteiger partial charge is 0.338 e. The van der Waals surface area contributed by atoms with E-state index in [9.17, 15) is 10.1 Å². The fourth-order valence-electron chi connectivity index (χ4n) is 2.44. The van der Waals surface area contributed by atoms with Crippen LogP contribution in [0.5, 0.6) is 0 Å². The third kappa shape index (κ3) is 3.06. The number of furan rings is 1. The summed E-state index contributed by atoms with van der Waals surface area (Å²) in [7, 11) is 0. The summed E-state index contributed by atoms with van der Waals surface area (Å²) in [6, 6.07) is 12.9. The molecule has 0 radical (unpaired) electrons. The van der Waals surface area contributed by atoms with Crippen molar-refractivity contribution >= 4 is 32.9 Å². The van der Waals surface area contributed by atoms with Crippen LogP contribution in [0.25, 0.3) is 11.0 Å². The Kier molecular flexibility index (Phi) is 4.41. The fourth-order valence-corrected chi connectivity index (χ4v) is 2.81. The van der Waals surface area contributed by atoms with Crippen molar-refractivity contribution in [1.82, 2.24) is 0 Å². The monoisotopic (exact) mass is 383 g/mol.